The van der Waals surface area contributed by atoms with Crippen molar-refractivity contribution in [1.29, 1.82) is 0 Å². The molecule has 1 amide bonds. The van der Waals surface area contributed by atoms with Crippen LogP contribution in [-0.4, -0.2) is 35.5 Å². The molecular weight excluding hydrogens is 426 g/mol. The SMILES string of the molecule is CCn1cc(CN2C(=O)c3ccc(-n4cnc(C)c4)c(=O)n3C[C@@H]2C)c2cc(C3CC3)ccc21. The second-order valence-electron chi connectivity index (χ2n) is 9.72. The predicted octanol–water partition coefficient (Wildman–Crippen LogP) is 4.24. The van der Waals surface area contributed by atoms with Crippen LogP contribution < -0.4 is 5.56 Å². The summed E-state index contributed by atoms with van der Waals surface area (Å²) < 4.78 is 5.61. The number of carbonyl (C=O) groups is 1. The van der Waals surface area contributed by atoms with E-state index < -0.39 is 0 Å². The Labute approximate surface area is 198 Å². The first-order chi connectivity index (χ1) is 16.4. The molecule has 2 aliphatic rings. The van der Waals surface area contributed by atoms with E-state index in [1.165, 1.54) is 34.9 Å². The van der Waals surface area contributed by atoms with Gasteiger partial charge in [0.2, 0.25) is 0 Å². The van der Waals surface area contributed by atoms with Crippen LogP contribution >= 0.6 is 0 Å². The van der Waals surface area contributed by atoms with Crippen LogP contribution in [0.15, 0.2) is 53.8 Å². The molecule has 4 heterocycles. The Hall–Kier alpha value is -3.61. The molecule has 1 aromatic carbocycles. The minimum atomic E-state index is -0.161. The van der Waals surface area contributed by atoms with Crippen LogP contribution in [0.4, 0.5) is 0 Å². The third-order valence-electron chi connectivity index (χ3n) is 7.32. The lowest BCUT2D eigenvalue weighted by Crippen LogP contribution is -2.49. The van der Waals surface area contributed by atoms with Gasteiger partial charge in [-0.1, -0.05) is 6.07 Å². The topological polar surface area (TPSA) is 65.1 Å². The number of hydrogen-bond donors (Lipinski definition) is 0. The van der Waals surface area contributed by atoms with Crippen LogP contribution in [0, 0.1) is 6.92 Å². The van der Waals surface area contributed by atoms with Gasteiger partial charge in [-0.3, -0.25) is 9.59 Å². The molecule has 1 atom stereocenters. The molecule has 1 aliphatic heterocycles. The number of amides is 1. The first-order valence-electron chi connectivity index (χ1n) is 12.1. The van der Waals surface area contributed by atoms with E-state index in [2.05, 4.69) is 40.9 Å². The molecular formula is C27H29N5O2. The number of pyridine rings is 1. The van der Waals surface area contributed by atoms with Gasteiger partial charge in [-0.15, -0.1) is 0 Å². The first-order valence-corrected chi connectivity index (χ1v) is 12.1. The number of nitrogens with zero attached hydrogens (tertiary/aromatic N) is 5. The van der Waals surface area contributed by atoms with E-state index in [0.717, 1.165) is 12.2 Å². The Morgan fingerprint density at radius 3 is 2.62 bits per heavy atom. The number of rotatable bonds is 5. The normalized spacial score (nSPS) is 18.0. The lowest BCUT2D eigenvalue weighted by atomic mass is 10.0. The molecule has 0 spiro atoms. The van der Waals surface area contributed by atoms with Crippen LogP contribution in [-0.2, 0) is 19.6 Å². The predicted molar refractivity (Wildman–Crippen MR) is 131 cm³/mol. The third-order valence-corrected chi connectivity index (χ3v) is 7.32. The Morgan fingerprint density at radius 2 is 1.91 bits per heavy atom. The average molecular weight is 456 g/mol. The van der Waals surface area contributed by atoms with E-state index >= 15 is 0 Å². The summed E-state index contributed by atoms with van der Waals surface area (Å²) in [5, 5.41) is 1.24. The second-order valence-corrected chi connectivity index (χ2v) is 9.72. The zero-order valence-corrected chi connectivity index (χ0v) is 19.9. The minimum absolute atomic E-state index is 0.0934. The van der Waals surface area contributed by atoms with E-state index in [1.54, 1.807) is 27.6 Å². The van der Waals surface area contributed by atoms with E-state index in [4.69, 9.17) is 0 Å². The Kier molecular flexibility index (Phi) is 4.76. The molecule has 4 aromatic rings. The molecule has 7 nitrogen and oxygen atoms in total. The number of carbonyl (C=O) groups excluding carboxylic acids is 1. The second kappa shape index (κ2) is 7.72. The van der Waals surface area contributed by atoms with E-state index in [1.807, 2.05) is 24.9 Å². The van der Waals surface area contributed by atoms with Gasteiger partial charge < -0.3 is 18.6 Å². The lowest BCUT2D eigenvalue weighted by Gasteiger charge is -2.35. The zero-order valence-electron chi connectivity index (χ0n) is 19.9. The molecule has 1 saturated carbocycles. The van der Waals surface area contributed by atoms with Crippen LogP contribution in [0.25, 0.3) is 16.6 Å². The first kappa shape index (κ1) is 21.0. The van der Waals surface area contributed by atoms with Gasteiger partial charge >= 0.3 is 0 Å². The number of fused-ring (bicyclic) bond motifs is 2. The molecule has 174 valence electrons. The largest absolute Gasteiger partial charge is 0.347 e. The molecule has 0 bridgehead atoms. The number of aromatic nitrogens is 4. The Morgan fingerprint density at radius 1 is 1.09 bits per heavy atom. The highest BCUT2D eigenvalue weighted by Crippen LogP contribution is 2.41. The Bertz CT molecular complexity index is 1490. The van der Waals surface area contributed by atoms with Gasteiger partial charge in [0.1, 0.15) is 11.4 Å². The maximum absolute atomic E-state index is 13.6. The van der Waals surface area contributed by atoms with Crippen LogP contribution in [0.3, 0.4) is 0 Å². The molecule has 6 rings (SSSR count). The molecule has 7 heteroatoms. The van der Waals surface area contributed by atoms with Gasteiger partial charge in [-0.05, 0) is 74.9 Å². The van der Waals surface area contributed by atoms with Crippen molar-refractivity contribution in [2.24, 2.45) is 0 Å². The van der Waals surface area contributed by atoms with Crippen LogP contribution in [0.2, 0.25) is 0 Å². The number of hydrogen-bond acceptors (Lipinski definition) is 3. The quantitative estimate of drug-likeness (QED) is 0.452. The highest BCUT2D eigenvalue weighted by molar-refractivity contribution is 5.94. The molecule has 3 aromatic heterocycles. The monoisotopic (exact) mass is 455 g/mol. The molecule has 0 unspecified atom stereocenters. The van der Waals surface area contributed by atoms with Crippen molar-refractivity contribution >= 4 is 16.8 Å². The van der Waals surface area contributed by atoms with E-state index in [9.17, 15) is 9.59 Å². The van der Waals surface area contributed by atoms with Crippen molar-refractivity contribution in [1.82, 2.24) is 23.6 Å². The van der Waals surface area contributed by atoms with Crippen LogP contribution in [0.5, 0.6) is 0 Å². The van der Waals surface area contributed by atoms with Crippen molar-refractivity contribution in [3.63, 3.8) is 0 Å². The van der Waals surface area contributed by atoms with Crippen molar-refractivity contribution in [3.8, 4) is 5.69 Å². The fourth-order valence-electron chi connectivity index (χ4n) is 5.25. The third kappa shape index (κ3) is 3.30. The Balaban J connectivity index is 1.36. The zero-order chi connectivity index (χ0) is 23.6. The summed E-state index contributed by atoms with van der Waals surface area (Å²) >= 11 is 0. The van der Waals surface area contributed by atoms with Gasteiger partial charge in [0.15, 0.2) is 0 Å². The number of imidazole rings is 1. The summed E-state index contributed by atoms with van der Waals surface area (Å²) in [5.41, 5.74) is 5.43. The summed E-state index contributed by atoms with van der Waals surface area (Å²) in [7, 11) is 0. The lowest BCUT2D eigenvalue weighted by molar-refractivity contribution is 0.0591. The molecule has 1 aliphatic carbocycles. The summed E-state index contributed by atoms with van der Waals surface area (Å²) in [4.78, 5) is 33.0. The van der Waals surface area contributed by atoms with E-state index in [-0.39, 0.29) is 17.5 Å². The van der Waals surface area contributed by atoms with Gasteiger partial charge in [0, 0.05) is 49.0 Å². The molecule has 34 heavy (non-hydrogen) atoms. The fraction of sp³-hybridized carbons (Fsp3) is 0.370. The molecule has 0 N–H and O–H groups in total. The molecule has 0 saturated heterocycles. The van der Waals surface area contributed by atoms with Gasteiger partial charge in [0.05, 0.1) is 12.0 Å². The van der Waals surface area contributed by atoms with Gasteiger partial charge in [-0.25, -0.2) is 4.98 Å². The summed E-state index contributed by atoms with van der Waals surface area (Å²) in [6.07, 6.45) is 8.18. The average Bonchev–Trinajstić information content (AvgIpc) is 3.50. The van der Waals surface area contributed by atoms with Crippen molar-refractivity contribution in [3.05, 3.63) is 81.9 Å². The maximum atomic E-state index is 13.6. The highest BCUT2D eigenvalue weighted by atomic mass is 16.2. The number of aryl methyl sites for hydroxylation is 2. The minimum Gasteiger partial charge on any atom is -0.347 e. The molecule has 1 fully saturated rings. The van der Waals surface area contributed by atoms with Crippen molar-refractivity contribution < 1.29 is 4.79 Å². The fourth-order valence-corrected chi connectivity index (χ4v) is 5.25. The maximum Gasteiger partial charge on any atom is 0.275 e. The van der Waals surface area contributed by atoms with Crippen molar-refractivity contribution in [2.45, 2.75) is 65.2 Å². The van der Waals surface area contributed by atoms with Crippen LogP contribution in [0.1, 0.15) is 59.9 Å². The molecule has 0 radical (unpaired) electrons. The highest BCUT2D eigenvalue weighted by Gasteiger charge is 2.32. The standard InChI is InChI=1S/C27H29N5O2/c1-4-29-14-21(22-11-20(19-5-6-19)7-8-23(22)29)15-31-18(3)13-32-25(27(31)34)10-9-24(26(32)33)30-12-17(2)28-16-30/h7-12,14,16,18-19H,4-6,13,15H2,1-3H3/t18-/m0/s1. The summed E-state index contributed by atoms with van der Waals surface area (Å²) in [6.45, 7) is 7.96. The smallest absolute Gasteiger partial charge is 0.275 e. The van der Waals surface area contributed by atoms with Crippen molar-refractivity contribution in [2.75, 3.05) is 0 Å². The van der Waals surface area contributed by atoms with Gasteiger partial charge in [0.25, 0.3) is 11.5 Å². The van der Waals surface area contributed by atoms with E-state index in [0.29, 0.717) is 30.4 Å². The number of benzene rings is 1. The summed E-state index contributed by atoms with van der Waals surface area (Å²) in [5.74, 6) is 0.588. The van der Waals surface area contributed by atoms with Gasteiger partial charge in [-0.2, -0.15) is 0 Å². The summed E-state index contributed by atoms with van der Waals surface area (Å²) in [6, 6.07) is 10.2.